The highest BCUT2D eigenvalue weighted by atomic mass is 35.5. The van der Waals surface area contributed by atoms with E-state index in [0.717, 1.165) is 105 Å². The van der Waals surface area contributed by atoms with Crippen molar-refractivity contribution in [2.45, 2.75) is 0 Å². The smallest absolute Gasteiger partial charge is 0.236 e. The van der Waals surface area contributed by atoms with Crippen LogP contribution in [0, 0.1) is 0 Å². The predicted molar refractivity (Wildman–Crippen MR) is 474 cm³/mol. The third-order valence-electron chi connectivity index (χ3n) is 22.7. The number of halogens is 1. The van der Waals surface area contributed by atoms with E-state index in [1.54, 1.807) is 0 Å². The Morgan fingerprint density at radius 2 is 0.699 bits per heavy atom. The van der Waals surface area contributed by atoms with Crippen LogP contribution < -0.4 is 0 Å². The van der Waals surface area contributed by atoms with Crippen LogP contribution in [0.2, 0.25) is 5.28 Å². The van der Waals surface area contributed by atoms with E-state index >= 15 is 0 Å². The molecule has 26 aromatic rings. The number of benzene rings is 16. The van der Waals surface area contributed by atoms with Crippen LogP contribution in [0.15, 0.2) is 349 Å². The first kappa shape index (κ1) is 63.6. The predicted octanol–water partition coefficient (Wildman–Crippen LogP) is 28.4. The average molecular weight is 1500 g/mol. The summed E-state index contributed by atoms with van der Waals surface area (Å²) in [5, 5.41) is 22.2. The van der Waals surface area contributed by atoms with Crippen LogP contribution in [-0.2, 0) is 0 Å². The van der Waals surface area contributed by atoms with Crippen molar-refractivity contribution >= 4 is 228 Å². The lowest BCUT2D eigenvalue weighted by molar-refractivity contribution is 0.666. The van der Waals surface area contributed by atoms with Crippen molar-refractivity contribution < 1.29 is 8.83 Å². The maximum atomic E-state index is 6.69. The summed E-state index contributed by atoms with van der Waals surface area (Å²) in [7, 11) is 0. The van der Waals surface area contributed by atoms with Crippen LogP contribution in [0.1, 0.15) is 0 Å². The first-order valence-corrected chi connectivity index (χ1v) is 39.7. The Bertz CT molecular complexity index is 8490. The lowest BCUT2D eigenvalue weighted by Crippen LogP contribution is -2.03. The highest BCUT2D eigenvalue weighted by Gasteiger charge is 2.28. The number of H-pyrrole nitrogens is 1. The number of rotatable bonds is 5. The summed E-state index contributed by atoms with van der Waals surface area (Å²) in [5.41, 5.74) is 19.3. The van der Waals surface area contributed by atoms with E-state index < -0.39 is 0 Å². The molecule has 0 atom stereocenters. The van der Waals surface area contributed by atoms with Crippen molar-refractivity contribution in [2.75, 3.05) is 0 Å². The second kappa shape index (κ2) is 24.9. The molecule has 113 heavy (non-hydrogen) atoms. The number of aromatic amines is 1. The summed E-state index contributed by atoms with van der Waals surface area (Å²) in [4.78, 5) is 23.8. The van der Waals surface area contributed by atoms with Gasteiger partial charge >= 0.3 is 0 Å². The molecule has 0 aliphatic carbocycles. The molecule has 1 N–H and O–H groups in total. The number of furan rings is 2. The molecule has 10 aromatic heterocycles. The molecule has 10 nitrogen and oxygen atoms in total. The van der Waals surface area contributed by atoms with Crippen molar-refractivity contribution in [3.63, 3.8) is 0 Å². The van der Waals surface area contributed by atoms with Gasteiger partial charge in [0.1, 0.15) is 33.6 Å². The molecule has 528 valence electrons. The number of fused-ring (bicyclic) bond motifs is 32. The number of aromatic nitrogens is 8. The third-order valence-corrected chi connectivity index (χ3v) is 25.2. The summed E-state index contributed by atoms with van der Waals surface area (Å²) in [6, 6.07) is 120. The van der Waals surface area contributed by atoms with Gasteiger partial charge in [-0.25, -0.2) is 19.9 Å². The minimum Gasteiger partial charge on any atom is -0.452 e. The Morgan fingerprint density at radius 1 is 0.292 bits per heavy atom. The van der Waals surface area contributed by atoms with Crippen LogP contribution in [0.5, 0.6) is 0 Å². The lowest BCUT2D eigenvalue weighted by atomic mass is 10.00. The molecule has 0 spiro atoms. The van der Waals surface area contributed by atoms with E-state index in [4.69, 9.17) is 30.4 Å². The first-order valence-electron chi connectivity index (χ1n) is 37.7. The van der Waals surface area contributed by atoms with E-state index in [1.165, 1.54) is 105 Å². The maximum absolute atomic E-state index is 6.69. The Hall–Kier alpha value is -14.3. The second-order valence-electron chi connectivity index (χ2n) is 28.8. The fraction of sp³-hybridized carbons (Fsp3) is 0. The van der Waals surface area contributed by atoms with Crippen molar-refractivity contribution in [1.82, 2.24) is 38.6 Å². The topological polar surface area (TPSA) is 108 Å². The van der Waals surface area contributed by atoms with Gasteiger partial charge in [0.25, 0.3) is 0 Å². The Balaban J connectivity index is 0.000000109. The second-order valence-corrected chi connectivity index (χ2v) is 31.2. The zero-order valence-corrected chi connectivity index (χ0v) is 62.4. The molecular weight excluding hydrogens is 1440 g/mol. The molecule has 0 aliphatic rings. The van der Waals surface area contributed by atoms with Crippen LogP contribution in [0.4, 0.5) is 0 Å². The molecule has 0 bridgehead atoms. The maximum Gasteiger partial charge on any atom is 0.236 e. The molecule has 0 aliphatic heterocycles. The van der Waals surface area contributed by atoms with Gasteiger partial charge in [0.05, 0.1) is 38.6 Å². The Labute approximate surface area is 655 Å². The number of hydrogen-bond donors (Lipinski definition) is 1. The molecule has 13 heteroatoms. The van der Waals surface area contributed by atoms with Gasteiger partial charge in [-0.3, -0.25) is 4.57 Å². The Morgan fingerprint density at radius 3 is 1.27 bits per heavy atom. The fourth-order valence-electron chi connectivity index (χ4n) is 17.9. The van der Waals surface area contributed by atoms with E-state index in [1.807, 2.05) is 65.1 Å². The molecule has 0 amide bonds. The number of para-hydroxylation sites is 8. The van der Waals surface area contributed by atoms with Gasteiger partial charge < -0.3 is 23.0 Å². The van der Waals surface area contributed by atoms with Crippen molar-refractivity contribution in [3.05, 3.63) is 345 Å². The van der Waals surface area contributed by atoms with Gasteiger partial charge in [-0.2, -0.15) is 0 Å². The largest absolute Gasteiger partial charge is 0.452 e. The summed E-state index contributed by atoms with van der Waals surface area (Å²) >= 11 is 10.1. The standard InChI is InChI=1S/C50H28N4OS.C28H16ClN3O.C22H13NS/c1-2-14-30(15-3-1)53-38-22-10-6-16-31(38)37-28-29(26-27-40(37)53)45-48-46(35-20-8-12-24-41(35)55-48)52-50(51-45)54-39-23-11-7-19-34(39)43-32-17-4-5-18-33(32)49-44(47(43)54)36-21-9-13-25-42(36)56-49;29-28-30-25(27-26(31-28)20-11-5-7-13-24(20)33-27)17-14-15-23-21(16-17)19-10-4-6-12-22(19)32(23)18-8-2-1-3-9-18;1-2-8-14-13(7-1)19-15-9-3-5-11-17(15)23-21(19)20-16-10-4-6-12-18(16)24-22(14)20/h1-28H;1-16H;1-12,23H. The van der Waals surface area contributed by atoms with Gasteiger partial charge in [-0.15, -0.1) is 22.7 Å². The van der Waals surface area contributed by atoms with E-state index in [0.29, 0.717) is 22.8 Å². The third kappa shape index (κ3) is 9.58. The summed E-state index contributed by atoms with van der Waals surface area (Å²) in [5.74, 6) is 0.615. The molecule has 10 heterocycles. The van der Waals surface area contributed by atoms with E-state index in [2.05, 4.69) is 326 Å². The van der Waals surface area contributed by atoms with Gasteiger partial charge in [0.15, 0.2) is 11.2 Å². The molecule has 0 saturated heterocycles. The molecule has 0 fully saturated rings. The van der Waals surface area contributed by atoms with Crippen molar-refractivity contribution in [1.29, 1.82) is 0 Å². The minimum absolute atomic E-state index is 0.205. The normalized spacial score (nSPS) is 12.1. The van der Waals surface area contributed by atoms with Gasteiger partial charge in [-0.1, -0.05) is 231 Å². The molecule has 0 saturated carbocycles. The Kier molecular flexibility index (Phi) is 14.0. The van der Waals surface area contributed by atoms with Crippen molar-refractivity contribution in [2.24, 2.45) is 0 Å². The number of hydrogen-bond acceptors (Lipinski definition) is 8. The highest BCUT2D eigenvalue weighted by Crippen LogP contribution is 2.51. The van der Waals surface area contributed by atoms with Gasteiger partial charge in [-0.05, 0) is 132 Å². The number of nitrogens with zero attached hydrogens (tertiary/aromatic N) is 7. The number of nitrogens with one attached hydrogen (secondary N) is 1. The molecule has 0 radical (unpaired) electrons. The van der Waals surface area contributed by atoms with Crippen LogP contribution in [0.25, 0.3) is 233 Å². The van der Waals surface area contributed by atoms with Crippen molar-refractivity contribution in [3.8, 4) is 39.8 Å². The van der Waals surface area contributed by atoms with Gasteiger partial charge in [0, 0.05) is 133 Å². The quantitative estimate of drug-likeness (QED) is 0.172. The summed E-state index contributed by atoms with van der Waals surface area (Å²) in [6.45, 7) is 0. The van der Waals surface area contributed by atoms with Crippen LogP contribution >= 0.6 is 34.3 Å². The average Bonchev–Trinajstić information content (AvgIpc) is 1.54. The van der Waals surface area contributed by atoms with E-state index in [9.17, 15) is 0 Å². The molecule has 0 unspecified atom stereocenters. The lowest BCUT2D eigenvalue weighted by Gasteiger charge is -2.11. The SMILES string of the molecule is Clc1nc(-c2ccc3c(c2)c2ccccc2n3-c2ccccc2)c2oc3ccccc3c2n1.c1ccc(-n2c3ccccc3c3cc(-c4nc(-n5c6ccccc6c6c7ccccc7c7sc8ccccc8c7c65)nc5c4oc4ccccc45)ccc32)cc1.c1ccc2c(c1)[nH]c1c2c2ccccc2c2sc3ccccc3c12. The number of thiophene rings is 2. The monoisotopic (exact) mass is 1500 g/mol. The van der Waals surface area contributed by atoms with Crippen LogP contribution in [-0.4, -0.2) is 38.6 Å². The van der Waals surface area contributed by atoms with Crippen LogP contribution in [0.3, 0.4) is 0 Å². The minimum atomic E-state index is 0.205. The zero-order valence-electron chi connectivity index (χ0n) is 60.0. The highest BCUT2D eigenvalue weighted by molar-refractivity contribution is 7.27. The zero-order chi connectivity index (χ0) is 74.1. The van der Waals surface area contributed by atoms with E-state index in [-0.39, 0.29) is 5.28 Å². The first-order chi connectivity index (χ1) is 56.0. The molecular formula is C100H57ClN8O2S2. The molecule has 26 rings (SSSR count). The summed E-state index contributed by atoms with van der Waals surface area (Å²) in [6.07, 6.45) is 0. The molecule has 16 aromatic carbocycles. The van der Waals surface area contributed by atoms with Gasteiger partial charge in [0.2, 0.25) is 11.2 Å². The fourth-order valence-corrected chi connectivity index (χ4v) is 20.6. The summed E-state index contributed by atoms with van der Waals surface area (Å²) < 4.78 is 25.1.